The fourth-order valence-electron chi connectivity index (χ4n) is 1.87. The summed E-state index contributed by atoms with van der Waals surface area (Å²) in [6, 6.07) is 10.5. The first kappa shape index (κ1) is 11.4. The van der Waals surface area contributed by atoms with Crippen molar-refractivity contribution in [1.82, 2.24) is 9.97 Å². The summed E-state index contributed by atoms with van der Waals surface area (Å²) >= 11 is 11.9. The molecule has 90 valence electrons. The summed E-state index contributed by atoms with van der Waals surface area (Å²) in [4.78, 5) is 7.26. The fourth-order valence-corrected chi connectivity index (χ4v) is 2.25. The minimum absolute atomic E-state index is 0.0714. The van der Waals surface area contributed by atoms with E-state index in [4.69, 9.17) is 23.2 Å². The number of halogens is 2. The van der Waals surface area contributed by atoms with Crippen LogP contribution in [-0.4, -0.2) is 15.1 Å². The van der Waals surface area contributed by atoms with Crippen molar-refractivity contribution >= 4 is 34.1 Å². The van der Waals surface area contributed by atoms with Crippen LogP contribution in [0.1, 0.15) is 0 Å². The van der Waals surface area contributed by atoms with Gasteiger partial charge in [0.1, 0.15) is 16.6 Å². The van der Waals surface area contributed by atoms with Crippen LogP contribution < -0.4 is 0 Å². The number of benzene rings is 1. The number of rotatable bonds is 1. The summed E-state index contributed by atoms with van der Waals surface area (Å²) in [5.74, 6) is 0.0714. The molecular formula is C13H8Cl2N2O. The number of fused-ring (bicyclic) bond motifs is 1. The molecule has 0 aliphatic heterocycles. The highest BCUT2D eigenvalue weighted by atomic mass is 35.5. The van der Waals surface area contributed by atoms with Gasteiger partial charge in [-0.1, -0.05) is 29.3 Å². The van der Waals surface area contributed by atoms with Crippen LogP contribution in [0.15, 0.2) is 36.4 Å². The number of H-pyrrole nitrogens is 1. The molecule has 2 N–H and O–H groups in total. The minimum atomic E-state index is 0.0714. The molecule has 0 saturated heterocycles. The maximum Gasteiger partial charge on any atom is 0.143 e. The first-order valence-electron chi connectivity index (χ1n) is 5.28. The third-order valence-electron chi connectivity index (χ3n) is 2.71. The van der Waals surface area contributed by atoms with Crippen molar-refractivity contribution in [3.05, 3.63) is 46.6 Å². The molecule has 0 amide bonds. The van der Waals surface area contributed by atoms with Gasteiger partial charge in [0.25, 0.3) is 0 Å². The molecular weight excluding hydrogens is 271 g/mol. The Labute approximate surface area is 113 Å². The van der Waals surface area contributed by atoms with Crippen molar-refractivity contribution < 1.29 is 5.11 Å². The highest BCUT2D eigenvalue weighted by Gasteiger charge is 2.11. The summed E-state index contributed by atoms with van der Waals surface area (Å²) in [5.41, 5.74) is 1.98. The van der Waals surface area contributed by atoms with E-state index in [1.54, 1.807) is 0 Å². The molecule has 1 aromatic carbocycles. The van der Waals surface area contributed by atoms with Crippen molar-refractivity contribution in [2.24, 2.45) is 0 Å². The first-order valence-corrected chi connectivity index (χ1v) is 6.04. The predicted octanol–water partition coefficient (Wildman–Crippen LogP) is 4.24. The van der Waals surface area contributed by atoms with Crippen LogP contribution in [0.2, 0.25) is 10.2 Å². The minimum Gasteiger partial charge on any atom is -0.506 e. The number of nitrogens with one attached hydrogen (secondary N) is 1. The number of hydrogen-bond acceptors (Lipinski definition) is 2. The molecule has 0 fully saturated rings. The predicted molar refractivity (Wildman–Crippen MR) is 73.2 cm³/mol. The van der Waals surface area contributed by atoms with Crippen LogP contribution in [-0.2, 0) is 0 Å². The third kappa shape index (κ3) is 1.82. The lowest BCUT2D eigenvalue weighted by molar-refractivity contribution is 0.475. The summed E-state index contributed by atoms with van der Waals surface area (Å²) in [7, 11) is 0. The molecule has 5 heteroatoms. The quantitative estimate of drug-likeness (QED) is 0.654. The lowest BCUT2D eigenvalue weighted by atomic mass is 10.2. The Kier molecular flexibility index (Phi) is 2.65. The van der Waals surface area contributed by atoms with Gasteiger partial charge in [0, 0.05) is 15.9 Å². The van der Waals surface area contributed by atoms with Crippen molar-refractivity contribution in [3.8, 4) is 17.1 Å². The molecule has 0 bridgehead atoms. The number of nitrogens with zero attached hydrogens (tertiary/aromatic N) is 1. The van der Waals surface area contributed by atoms with Gasteiger partial charge in [-0.2, -0.15) is 0 Å². The number of hydrogen-bond donors (Lipinski definition) is 2. The molecule has 18 heavy (non-hydrogen) atoms. The van der Waals surface area contributed by atoms with Crippen LogP contribution in [0.5, 0.6) is 5.75 Å². The van der Waals surface area contributed by atoms with E-state index >= 15 is 0 Å². The molecule has 0 saturated carbocycles. The van der Waals surface area contributed by atoms with Crippen LogP contribution in [0.3, 0.4) is 0 Å². The molecule has 0 aliphatic rings. The van der Waals surface area contributed by atoms with Gasteiger partial charge in [0.15, 0.2) is 0 Å². The van der Waals surface area contributed by atoms with Gasteiger partial charge >= 0.3 is 0 Å². The van der Waals surface area contributed by atoms with Gasteiger partial charge in [-0.05, 0) is 30.3 Å². The van der Waals surface area contributed by atoms with Crippen LogP contribution in [0, 0.1) is 0 Å². The Morgan fingerprint density at radius 2 is 1.94 bits per heavy atom. The van der Waals surface area contributed by atoms with Crippen LogP contribution in [0.4, 0.5) is 0 Å². The molecule has 0 unspecified atom stereocenters. The lowest BCUT2D eigenvalue weighted by Crippen LogP contribution is -1.84. The van der Waals surface area contributed by atoms with Crippen molar-refractivity contribution in [3.63, 3.8) is 0 Å². The van der Waals surface area contributed by atoms with Gasteiger partial charge < -0.3 is 10.1 Å². The Balaban J connectivity index is 2.26. The molecule has 0 spiro atoms. The second kappa shape index (κ2) is 4.19. The molecule has 2 heterocycles. The average molecular weight is 279 g/mol. The zero-order chi connectivity index (χ0) is 12.7. The molecule has 0 radical (unpaired) electrons. The normalized spacial score (nSPS) is 11.0. The van der Waals surface area contributed by atoms with Gasteiger partial charge in [-0.3, -0.25) is 0 Å². The molecule has 3 nitrogen and oxygen atoms in total. The maximum absolute atomic E-state index is 9.81. The van der Waals surface area contributed by atoms with Gasteiger partial charge in [0.2, 0.25) is 0 Å². The van der Waals surface area contributed by atoms with Crippen molar-refractivity contribution in [2.45, 2.75) is 0 Å². The SMILES string of the molecule is Oc1ccc(Cl)nc1-c1cc2c(Cl)cccc2[nH]1. The number of aromatic hydroxyl groups is 1. The van der Waals surface area contributed by atoms with E-state index in [-0.39, 0.29) is 5.75 Å². The number of pyridine rings is 1. The average Bonchev–Trinajstić information content (AvgIpc) is 2.77. The van der Waals surface area contributed by atoms with E-state index in [9.17, 15) is 5.11 Å². The third-order valence-corrected chi connectivity index (χ3v) is 3.25. The zero-order valence-electron chi connectivity index (χ0n) is 9.11. The van der Waals surface area contributed by atoms with E-state index in [1.165, 1.54) is 12.1 Å². The summed E-state index contributed by atoms with van der Waals surface area (Å²) < 4.78 is 0. The van der Waals surface area contributed by atoms with Crippen LogP contribution >= 0.6 is 23.2 Å². The topological polar surface area (TPSA) is 48.9 Å². The summed E-state index contributed by atoms with van der Waals surface area (Å²) in [6.45, 7) is 0. The van der Waals surface area contributed by atoms with E-state index in [0.717, 1.165) is 10.9 Å². The molecule has 2 aromatic heterocycles. The first-order chi connectivity index (χ1) is 8.65. The highest BCUT2D eigenvalue weighted by Crippen LogP contribution is 2.32. The maximum atomic E-state index is 9.81. The Hall–Kier alpha value is -1.71. The summed E-state index contributed by atoms with van der Waals surface area (Å²) in [5, 5.41) is 11.7. The molecule has 3 aromatic rings. The smallest absolute Gasteiger partial charge is 0.143 e. The van der Waals surface area contributed by atoms with Gasteiger partial charge in [0.05, 0.1) is 5.69 Å². The highest BCUT2D eigenvalue weighted by molar-refractivity contribution is 6.35. The fraction of sp³-hybridized carbons (Fsp3) is 0. The van der Waals surface area contributed by atoms with Crippen molar-refractivity contribution in [2.75, 3.05) is 0 Å². The summed E-state index contributed by atoms with van der Waals surface area (Å²) in [6.07, 6.45) is 0. The van der Waals surface area contributed by atoms with Gasteiger partial charge in [-0.15, -0.1) is 0 Å². The molecule has 0 atom stereocenters. The van der Waals surface area contributed by atoms with Crippen molar-refractivity contribution in [1.29, 1.82) is 0 Å². The van der Waals surface area contributed by atoms with E-state index < -0.39 is 0 Å². The Morgan fingerprint density at radius 3 is 2.72 bits per heavy atom. The van der Waals surface area contributed by atoms with E-state index in [1.807, 2.05) is 24.3 Å². The number of aromatic amines is 1. The Morgan fingerprint density at radius 1 is 1.11 bits per heavy atom. The van der Waals surface area contributed by atoms with Crippen LogP contribution in [0.25, 0.3) is 22.3 Å². The molecule has 3 rings (SSSR count). The number of aromatic nitrogens is 2. The van der Waals surface area contributed by atoms with Gasteiger partial charge in [-0.25, -0.2) is 4.98 Å². The lowest BCUT2D eigenvalue weighted by Gasteiger charge is -2.00. The monoisotopic (exact) mass is 278 g/mol. The van der Waals surface area contributed by atoms with E-state index in [0.29, 0.717) is 21.6 Å². The standard InChI is InChI=1S/C13H8Cl2N2O/c14-8-2-1-3-9-7(8)6-10(16-9)13-11(18)4-5-12(15)17-13/h1-6,16,18H. The molecule has 0 aliphatic carbocycles. The van der Waals surface area contributed by atoms with E-state index in [2.05, 4.69) is 9.97 Å². The Bertz CT molecular complexity index is 737. The second-order valence-corrected chi connectivity index (χ2v) is 4.68. The largest absolute Gasteiger partial charge is 0.506 e. The zero-order valence-corrected chi connectivity index (χ0v) is 10.6. The second-order valence-electron chi connectivity index (χ2n) is 3.89.